The van der Waals surface area contributed by atoms with Gasteiger partial charge in [0.2, 0.25) is 0 Å². The van der Waals surface area contributed by atoms with Crippen LogP contribution in [-0.2, 0) is 18.3 Å². The van der Waals surface area contributed by atoms with Crippen LogP contribution in [0.3, 0.4) is 0 Å². The first kappa shape index (κ1) is 11.0. The van der Waals surface area contributed by atoms with Gasteiger partial charge in [0.1, 0.15) is 0 Å². The minimum absolute atomic E-state index is 0.140. The van der Waals surface area contributed by atoms with Gasteiger partial charge in [-0.05, 0) is 98.7 Å². The van der Waals surface area contributed by atoms with Crippen molar-refractivity contribution in [3.05, 3.63) is 204 Å². The minimum Gasteiger partial charge on any atom is -0.356 e. The smallest absolute Gasteiger partial charge is 0.0645 e. The molecule has 7 aromatic rings. The van der Waals surface area contributed by atoms with Crippen molar-refractivity contribution in [2.75, 3.05) is 5.32 Å². The average molecular weight is 618 g/mol. The molecule has 220 valence electrons. The highest BCUT2D eigenvalue weighted by atomic mass is 14.9. The molecule has 1 aliphatic rings. The number of anilines is 2. The summed E-state index contributed by atoms with van der Waals surface area (Å²) in [6.07, 6.45) is -1.42. The monoisotopic (exact) mass is 617 g/mol. The molecule has 0 fully saturated rings. The first-order valence-corrected chi connectivity index (χ1v) is 13.8. The fraction of sp³-hybridized carbons (Fsp3) is 0.0667. The Labute approximate surface area is 311 Å². The van der Waals surface area contributed by atoms with E-state index in [0.717, 1.165) is 12.1 Å². The maximum atomic E-state index is 9.80. The topological polar surface area (TPSA) is 12.0 Å². The van der Waals surface area contributed by atoms with E-state index in [1.54, 1.807) is 0 Å². The second-order valence-corrected chi connectivity index (χ2v) is 10.2. The van der Waals surface area contributed by atoms with Crippen molar-refractivity contribution in [1.29, 1.82) is 0 Å². The standard InChI is InChI=1S/C45H35N/c1-4-12-33(13-5-1)31-45(32-34-14-6-2-7-15-34)43-19-11-10-18-41(43)42-30-38(24-29-44(42)45)37-22-27-40(28-23-37)46-39-25-20-36(21-26-39)35-16-8-3-9-17-35/h1-30,46H,31-32H2/i1D,2D,3D,4D,5D,6D,7D,8D,9D,10D,11D,12D,13D,14D,15D,16D,17D,18D,20D,21D,22D,23D,24D,25D,26D,27D,28D,30D. The van der Waals surface area contributed by atoms with Gasteiger partial charge in [0.05, 0.1) is 38.4 Å². The molecule has 0 radical (unpaired) electrons. The number of benzene rings is 7. The lowest BCUT2D eigenvalue weighted by Crippen LogP contribution is -2.31. The first-order valence-electron chi connectivity index (χ1n) is 27.8. The van der Waals surface area contributed by atoms with E-state index in [1.165, 1.54) is 0 Å². The molecule has 7 aromatic carbocycles. The van der Waals surface area contributed by atoms with Crippen LogP contribution in [0, 0.1) is 0 Å². The summed E-state index contributed by atoms with van der Waals surface area (Å²) in [5.74, 6) is 0. The fourth-order valence-electron chi connectivity index (χ4n) is 5.50. The second kappa shape index (κ2) is 12.0. The zero-order chi connectivity index (χ0) is 55.1. The van der Waals surface area contributed by atoms with Gasteiger partial charge in [-0.2, -0.15) is 0 Å². The van der Waals surface area contributed by atoms with E-state index in [4.69, 9.17) is 31.5 Å². The van der Waals surface area contributed by atoms with E-state index in [1.807, 2.05) is 0 Å². The van der Waals surface area contributed by atoms with Crippen LogP contribution in [-0.4, -0.2) is 0 Å². The maximum Gasteiger partial charge on any atom is 0.0645 e. The van der Waals surface area contributed by atoms with Crippen LogP contribution in [0.15, 0.2) is 181 Å². The van der Waals surface area contributed by atoms with Crippen molar-refractivity contribution in [1.82, 2.24) is 0 Å². The van der Waals surface area contributed by atoms with Crippen LogP contribution in [0.5, 0.6) is 0 Å². The van der Waals surface area contributed by atoms with Gasteiger partial charge in [-0.3, -0.25) is 0 Å². The summed E-state index contributed by atoms with van der Waals surface area (Å²) in [6.45, 7) is 0. The van der Waals surface area contributed by atoms with Crippen LogP contribution in [0.2, 0.25) is 0 Å². The molecular formula is C45H35N. The second-order valence-electron chi connectivity index (χ2n) is 10.2. The third kappa shape index (κ3) is 5.31. The summed E-state index contributed by atoms with van der Waals surface area (Å²) in [4.78, 5) is 0. The van der Waals surface area contributed by atoms with Crippen molar-refractivity contribution in [2.45, 2.75) is 18.3 Å². The van der Waals surface area contributed by atoms with Crippen molar-refractivity contribution >= 4 is 11.4 Å². The molecule has 0 bridgehead atoms. The van der Waals surface area contributed by atoms with Gasteiger partial charge in [0.15, 0.2) is 0 Å². The molecule has 0 spiro atoms. The van der Waals surface area contributed by atoms with Crippen LogP contribution in [0.4, 0.5) is 11.4 Å². The molecule has 1 heteroatoms. The Bertz CT molecular complexity index is 3480. The van der Waals surface area contributed by atoms with Gasteiger partial charge in [-0.25, -0.2) is 0 Å². The summed E-state index contributed by atoms with van der Waals surface area (Å²) in [5.41, 5.74) is -7.82. The molecule has 0 amide bonds. The van der Waals surface area contributed by atoms with Gasteiger partial charge in [-0.15, -0.1) is 0 Å². The zero-order valence-corrected chi connectivity index (χ0v) is 23.6. The molecule has 0 unspecified atom stereocenters. The Morgan fingerprint density at radius 1 is 0.413 bits per heavy atom. The van der Waals surface area contributed by atoms with Gasteiger partial charge in [-0.1, -0.05) is 151 Å². The number of fused-ring (bicyclic) bond motifs is 3. The van der Waals surface area contributed by atoms with E-state index in [2.05, 4.69) is 5.32 Å². The number of hydrogen-bond acceptors (Lipinski definition) is 1. The Morgan fingerprint density at radius 3 is 1.48 bits per heavy atom. The summed E-state index contributed by atoms with van der Waals surface area (Å²) in [7, 11) is 0. The van der Waals surface area contributed by atoms with E-state index in [9.17, 15) is 6.85 Å². The normalized spacial score (nSPS) is 21.2. The minimum atomic E-state index is -2.08. The van der Waals surface area contributed by atoms with Crippen LogP contribution in [0.25, 0.3) is 33.4 Å². The zero-order valence-electron chi connectivity index (χ0n) is 51.6. The van der Waals surface area contributed by atoms with E-state index in [-0.39, 0.29) is 33.4 Å². The number of rotatable bonds is 8. The van der Waals surface area contributed by atoms with Gasteiger partial charge in [0.25, 0.3) is 0 Å². The Hall–Kier alpha value is -5.66. The van der Waals surface area contributed by atoms with Gasteiger partial charge < -0.3 is 5.32 Å². The molecule has 0 saturated carbocycles. The molecule has 0 saturated heterocycles. The van der Waals surface area contributed by atoms with Crippen LogP contribution in [0.1, 0.15) is 60.6 Å². The maximum absolute atomic E-state index is 9.80. The molecule has 1 N–H and O–H groups in total. The fourth-order valence-corrected chi connectivity index (χ4v) is 5.50. The summed E-state index contributed by atoms with van der Waals surface area (Å²) < 4.78 is 244. The quantitative estimate of drug-likeness (QED) is 0.179. The largest absolute Gasteiger partial charge is 0.356 e. The first-order chi connectivity index (χ1) is 34.4. The molecule has 0 aromatic heterocycles. The van der Waals surface area contributed by atoms with E-state index < -0.39 is 221 Å². The molecular weight excluding hydrogens is 555 g/mol. The Morgan fingerprint density at radius 2 is 0.891 bits per heavy atom. The highest BCUT2D eigenvalue weighted by Crippen LogP contribution is 2.53. The van der Waals surface area contributed by atoms with Crippen LogP contribution < -0.4 is 5.32 Å². The lowest BCUT2D eigenvalue weighted by atomic mass is 9.69. The predicted molar refractivity (Wildman–Crippen MR) is 194 cm³/mol. The summed E-state index contributed by atoms with van der Waals surface area (Å²) in [6, 6.07) is -20.2. The molecule has 0 atom stereocenters. The van der Waals surface area contributed by atoms with Crippen LogP contribution >= 0.6 is 0 Å². The van der Waals surface area contributed by atoms with E-state index >= 15 is 0 Å². The van der Waals surface area contributed by atoms with E-state index in [0.29, 0.717) is 0 Å². The van der Waals surface area contributed by atoms with Gasteiger partial charge in [0, 0.05) is 16.8 Å². The highest BCUT2D eigenvalue weighted by Gasteiger charge is 2.43. The van der Waals surface area contributed by atoms with Crippen molar-refractivity contribution in [2.24, 2.45) is 0 Å². The van der Waals surface area contributed by atoms with Crippen molar-refractivity contribution in [3.63, 3.8) is 0 Å². The van der Waals surface area contributed by atoms with Crippen molar-refractivity contribution < 1.29 is 38.4 Å². The molecule has 0 heterocycles. The Balaban J connectivity index is 1.39. The molecule has 1 nitrogen and oxygen atoms in total. The average Bonchev–Trinajstić information content (AvgIpc) is 3.62. The summed E-state index contributed by atoms with van der Waals surface area (Å²) in [5, 5.41) is 2.44. The predicted octanol–water partition coefficient (Wildman–Crippen LogP) is 11.5. The molecule has 8 rings (SSSR count). The number of nitrogens with one attached hydrogen (secondary N) is 1. The molecule has 1 aliphatic carbocycles. The van der Waals surface area contributed by atoms with Crippen molar-refractivity contribution in [3.8, 4) is 33.4 Å². The number of hydrogen-bond donors (Lipinski definition) is 1. The third-order valence-corrected chi connectivity index (χ3v) is 7.47. The third-order valence-electron chi connectivity index (χ3n) is 7.47. The summed E-state index contributed by atoms with van der Waals surface area (Å²) >= 11 is 0. The SMILES string of the molecule is [2H]c1cc2c(c([2H])c1[2H])-c1c(cc([2H])c(-c3c([2H])c([2H])c(Nc4c([2H])c([2H])c(-c5c([2H])c([2H])c([2H])c([2H])c5[2H])c([2H])c4[2H])c([2H])c3[2H])c1[2H])C2(Cc1c([2H])c([2H])c([2H])c([2H])c1[2H])Cc1c([2H])c([2H])c([2H])c([2H])c1[2H]. The lowest BCUT2D eigenvalue weighted by Gasteiger charge is -2.33. The highest BCUT2D eigenvalue weighted by molar-refractivity contribution is 5.85. The Kier molecular flexibility index (Phi) is 2.88. The molecule has 46 heavy (non-hydrogen) atoms. The lowest BCUT2D eigenvalue weighted by molar-refractivity contribution is 0.520. The molecule has 0 aliphatic heterocycles. The van der Waals surface area contributed by atoms with Gasteiger partial charge >= 0.3 is 0 Å².